The smallest absolute Gasteiger partial charge is 0.264 e. The van der Waals surface area contributed by atoms with Gasteiger partial charge in [0.1, 0.15) is 28.5 Å². The van der Waals surface area contributed by atoms with Crippen molar-refractivity contribution in [3.05, 3.63) is 166 Å². The van der Waals surface area contributed by atoms with Crippen molar-refractivity contribution in [2.24, 2.45) is 20.5 Å². The number of anilines is 2. The number of hydrogen-bond acceptors (Lipinski definition) is 11. The maximum Gasteiger partial charge on any atom is 0.264 e. The molecular weight excluding hydrogens is 790 g/mol. The van der Waals surface area contributed by atoms with Crippen molar-refractivity contribution in [1.82, 2.24) is 9.38 Å². The van der Waals surface area contributed by atoms with Gasteiger partial charge in [-0.3, -0.25) is 18.8 Å². The third kappa shape index (κ3) is 5.54. The highest BCUT2D eigenvalue weighted by atomic mass is 35.5. The second-order valence-corrected chi connectivity index (χ2v) is 14.9. The molecule has 0 unspecified atom stereocenters. The second kappa shape index (κ2) is 13.8. The van der Waals surface area contributed by atoms with Gasteiger partial charge in [-0.15, -0.1) is 10.2 Å². The average molecular weight is 818 g/mol. The molecule has 0 spiro atoms. The van der Waals surface area contributed by atoms with Crippen LogP contribution in [-0.2, 0) is 4.84 Å². The fourth-order valence-electron chi connectivity index (χ4n) is 8.34. The Kier molecular flexibility index (Phi) is 8.14. The number of ketones is 1. The van der Waals surface area contributed by atoms with Gasteiger partial charge in [-0.25, -0.2) is 10.0 Å². The first-order chi connectivity index (χ1) is 29.8. The van der Waals surface area contributed by atoms with Crippen molar-refractivity contribution in [1.29, 1.82) is 0 Å². The Balaban J connectivity index is 0.922. The molecule has 2 aromatic heterocycles. The summed E-state index contributed by atoms with van der Waals surface area (Å²) in [5.41, 5.74) is 5.92. The standard InChI is InChI=1S/C48H28ClN7O5/c1-61-56(38-15-6-4-13-36(38)49)40-21-25-9-2-3-10-28(25)44(46(40)59)54-52-27-18-20-30-29-19-17-26(22-33(29)45(58)34(30)23-27)51-53-43-31-11-8-12-32-42(31)35(24-41(43)57)47-50-37-14-5-7-16-39(37)55(47)48(32)60/h2-24,57,59H,1H3. The van der Waals surface area contributed by atoms with E-state index in [-0.39, 0.29) is 34.2 Å². The lowest BCUT2D eigenvalue weighted by Gasteiger charge is -2.24. The third-order valence-corrected chi connectivity index (χ3v) is 11.4. The van der Waals surface area contributed by atoms with Crippen LogP contribution < -0.4 is 10.6 Å². The first-order valence-electron chi connectivity index (χ1n) is 19.1. The van der Waals surface area contributed by atoms with E-state index in [1.165, 1.54) is 12.2 Å². The molecule has 10 aromatic rings. The van der Waals surface area contributed by atoms with E-state index in [0.717, 1.165) is 16.5 Å². The summed E-state index contributed by atoms with van der Waals surface area (Å²) in [4.78, 5) is 38.2. The molecule has 12 nitrogen and oxygen atoms in total. The Morgan fingerprint density at radius 2 is 1.28 bits per heavy atom. The van der Waals surface area contributed by atoms with E-state index < -0.39 is 0 Å². The van der Waals surface area contributed by atoms with E-state index in [4.69, 9.17) is 21.4 Å². The molecule has 1 aliphatic rings. The van der Waals surface area contributed by atoms with E-state index in [2.05, 4.69) is 20.5 Å². The topological polar surface area (TPSA) is 154 Å². The number of benzene rings is 8. The van der Waals surface area contributed by atoms with E-state index >= 15 is 0 Å². The molecule has 0 radical (unpaired) electrons. The zero-order valence-electron chi connectivity index (χ0n) is 31.9. The number of carbonyl (C=O) groups excluding carboxylic acids is 1. The van der Waals surface area contributed by atoms with Crippen molar-refractivity contribution in [3.63, 3.8) is 0 Å². The number of halogens is 1. The molecule has 8 aromatic carbocycles. The highest BCUT2D eigenvalue weighted by molar-refractivity contribution is 6.33. The number of hydrogen-bond donors (Lipinski definition) is 2. The zero-order chi connectivity index (χ0) is 41.5. The summed E-state index contributed by atoms with van der Waals surface area (Å²) < 4.78 is 1.57. The SMILES string of the molecule is CON(c1ccccc1Cl)c1cc2ccccc2c(N=Nc2ccc3c(c2)C(=O)c2cc(N=Nc4c(O)cc5c6c4cccc6c(=O)n4c6ccccc6nc54)ccc2-3)c1O. The maximum absolute atomic E-state index is 13.9. The minimum absolute atomic E-state index is 0.132. The number of pyridine rings is 1. The van der Waals surface area contributed by atoms with Crippen molar-refractivity contribution in [3.8, 4) is 22.6 Å². The first kappa shape index (κ1) is 36.1. The van der Waals surface area contributed by atoms with Gasteiger partial charge < -0.3 is 10.2 Å². The summed E-state index contributed by atoms with van der Waals surface area (Å²) >= 11 is 6.50. The van der Waals surface area contributed by atoms with Gasteiger partial charge in [0.25, 0.3) is 5.56 Å². The summed E-state index contributed by atoms with van der Waals surface area (Å²) in [6.07, 6.45) is 0. The average Bonchev–Trinajstić information content (AvgIpc) is 3.81. The molecule has 0 fully saturated rings. The van der Waals surface area contributed by atoms with Crippen LogP contribution in [0.1, 0.15) is 15.9 Å². The van der Waals surface area contributed by atoms with Gasteiger partial charge in [0.2, 0.25) is 0 Å². The van der Waals surface area contributed by atoms with Gasteiger partial charge in [0.05, 0.1) is 40.2 Å². The number of imidazole rings is 1. The van der Waals surface area contributed by atoms with Gasteiger partial charge in [-0.1, -0.05) is 84.4 Å². The minimum atomic E-state index is -0.226. The van der Waals surface area contributed by atoms with Gasteiger partial charge in [0, 0.05) is 38.1 Å². The van der Waals surface area contributed by atoms with E-state index in [1.807, 2.05) is 66.7 Å². The summed E-state index contributed by atoms with van der Waals surface area (Å²) in [6.45, 7) is 0. The number of phenolic OH excluding ortho intramolecular Hbond substituents is 2. The zero-order valence-corrected chi connectivity index (χ0v) is 32.7. The number of aromatic hydroxyl groups is 2. The Bertz CT molecular complexity index is 3640. The van der Waals surface area contributed by atoms with Crippen molar-refractivity contribution in [2.75, 3.05) is 12.2 Å². The van der Waals surface area contributed by atoms with Crippen LogP contribution in [0.5, 0.6) is 11.5 Å². The number of phenols is 2. The molecule has 2 N–H and O–H groups in total. The molecule has 0 aliphatic heterocycles. The molecule has 61 heavy (non-hydrogen) atoms. The van der Waals surface area contributed by atoms with Gasteiger partial charge in [-0.2, -0.15) is 10.2 Å². The Morgan fingerprint density at radius 3 is 2.03 bits per heavy atom. The number of para-hydroxylation sites is 3. The molecule has 0 amide bonds. The summed E-state index contributed by atoms with van der Waals surface area (Å²) in [5, 5.41) is 46.4. The molecule has 1 aliphatic carbocycles. The molecule has 13 heteroatoms. The fourth-order valence-corrected chi connectivity index (χ4v) is 8.56. The first-order valence-corrected chi connectivity index (χ1v) is 19.5. The van der Waals surface area contributed by atoms with E-state index in [9.17, 15) is 19.8 Å². The molecular formula is C48H28ClN7O5. The largest absolute Gasteiger partial charge is 0.506 e. The summed E-state index contributed by atoms with van der Waals surface area (Å²) in [7, 11) is 1.48. The van der Waals surface area contributed by atoms with Crippen molar-refractivity contribution < 1.29 is 19.8 Å². The van der Waals surface area contributed by atoms with Gasteiger partial charge in [0.15, 0.2) is 11.5 Å². The fraction of sp³-hybridized carbons (Fsp3) is 0.0208. The van der Waals surface area contributed by atoms with Crippen LogP contribution in [0.4, 0.5) is 34.1 Å². The number of azo groups is 2. The van der Waals surface area contributed by atoms with Crippen LogP contribution in [0, 0.1) is 0 Å². The van der Waals surface area contributed by atoms with Crippen LogP contribution in [0.3, 0.4) is 0 Å². The quantitative estimate of drug-likeness (QED) is 0.120. The van der Waals surface area contributed by atoms with Crippen LogP contribution in [0.25, 0.3) is 60.1 Å². The Labute approximate surface area is 349 Å². The van der Waals surface area contributed by atoms with Crippen LogP contribution in [0.2, 0.25) is 5.02 Å². The number of nitrogens with zero attached hydrogens (tertiary/aromatic N) is 7. The second-order valence-electron chi connectivity index (χ2n) is 14.5. The lowest BCUT2D eigenvalue weighted by Crippen LogP contribution is -2.15. The minimum Gasteiger partial charge on any atom is -0.506 e. The maximum atomic E-state index is 13.9. The van der Waals surface area contributed by atoms with Crippen LogP contribution in [-0.4, -0.2) is 32.5 Å². The van der Waals surface area contributed by atoms with Crippen molar-refractivity contribution in [2.45, 2.75) is 0 Å². The molecule has 0 saturated heterocycles. The molecule has 0 saturated carbocycles. The van der Waals surface area contributed by atoms with E-state index in [1.54, 1.807) is 77.2 Å². The third-order valence-electron chi connectivity index (χ3n) is 11.1. The number of rotatable bonds is 7. The van der Waals surface area contributed by atoms with E-state index in [0.29, 0.717) is 82.5 Å². The monoisotopic (exact) mass is 817 g/mol. The Morgan fingerprint density at radius 1 is 0.623 bits per heavy atom. The number of fused-ring (bicyclic) bond motifs is 8. The lowest BCUT2D eigenvalue weighted by atomic mass is 10.0. The summed E-state index contributed by atoms with van der Waals surface area (Å²) in [6, 6.07) is 41.1. The highest BCUT2D eigenvalue weighted by Crippen LogP contribution is 2.48. The Hall–Kier alpha value is -8.06. The predicted molar refractivity (Wildman–Crippen MR) is 237 cm³/mol. The van der Waals surface area contributed by atoms with Crippen molar-refractivity contribution >= 4 is 101 Å². The number of aromatic nitrogens is 2. The predicted octanol–water partition coefficient (Wildman–Crippen LogP) is 12.6. The highest BCUT2D eigenvalue weighted by Gasteiger charge is 2.28. The van der Waals surface area contributed by atoms with Gasteiger partial charge >= 0.3 is 0 Å². The summed E-state index contributed by atoms with van der Waals surface area (Å²) in [5.74, 6) is -0.533. The molecule has 0 atom stereocenters. The van der Waals surface area contributed by atoms with Crippen LogP contribution in [0.15, 0.2) is 165 Å². The van der Waals surface area contributed by atoms with Gasteiger partial charge in [-0.05, 0) is 83.2 Å². The lowest BCUT2D eigenvalue weighted by molar-refractivity contribution is 0.104. The molecule has 2 heterocycles. The molecule has 11 rings (SSSR count). The van der Waals surface area contributed by atoms with Crippen LogP contribution >= 0.6 is 11.6 Å². The number of carbonyl (C=O) groups is 1. The molecule has 292 valence electrons. The normalized spacial score (nSPS) is 12.6. The molecule has 0 bridgehead atoms.